The Morgan fingerprint density at radius 1 is 1.33 bits per heavy atom. The molecule has 0 bridgehead atoms. The molecule has 0 atom stereocenters. The van der Waals surface area contributed by atoms with Gasteiger partial charge in [-0.1, -0.05) is 29.8 Å². The maximum atomic E-state index is 3.46. The van der Waals surface area contributed by atoms with E-state index in [4.69, 9.17) is 0 Å². The molecule has 1 rings (SSSR count). The minimum Gasteiger partial charge on any atom is -0.0891 e. The van der Waals surface area contributed by atoms with E-state index < -0.39 is 0 Å². The predicted octanol–water partition coefficient (Wildman–Crippen LogP) is 2.57. The summed E-state index contributed by atoms with van der Waals surface area (Å²) in [6, 6.07) is 0. The van der Waals surface area contributed by atoms with E-state index in [0.29, 0.717) is 0 Å². The van der Waals surface area contributed by atoms with Crippen molar-refractivity contribution < 1.29 is 0 Å². The van der Waals surface area contributed by atoms with E-state index in [1.807, 2.05) is 0 Å². The third-order valence-corrected chi connectivity index (χ3v) is 1.95. The van der Waals surface area contributed by atoms with Crippen LogP contribution in [0.25, 0.3) is 0 Å². The first kappa shape index (κ1) is 6.48. The van der Waals surface area contributed by atoms with E-state index in [-0.39, 0.29) is 7.43 Å². The van der Waals surface area contributed by atoms with Crippen LogP contribution >= 0.6 is 15.9 Å². The summed E-state index contributed by atoms with van der Waals surface area (Å²) < 4.78 is 0. The normalized spacial score (nSPS) is 21.5. The van der Waals surface area contributed by atoms with Crippen LogP contribution in [-0.4, -0.2) is 4.83 Å². The highest BCUT2D eigenvalue weighted by atomic mass is 79.9. The monoisotopic (exact) mass is 150 g/mol. The molecule has 0 radical (unpaired) electrons. The molecule has 0 spiro atoms. The van der Waals surface area contributed by atoms with E-state index in [9.17, 15) is 0 Å². The van der Waals surface area contributed by atoms with Gasteiger partial charge < -0.3 is 0 Å². The third kappa shape index (κ3) is 1.29. The molecule has 0 nitrogen and oxygen atoms in total. The highest BCUT2D eigenvalue weighted by Gasteiger charge is 2.11. The maximum absolute atomic E-state index is 3.46. The van der Waals surface area contributed by atoms with Crippen LogP contribution in [0, 0.1) is 0 Å². The van der Waals surface area contributed by atoms with Gasteiger partial charge in [0.05, 0.1) is 0 Å². The molecule has 1 aliphatic rings. The standard InChI is InChI=1S/C4H7Br.CH4/c5-4-2-1-3-4;/h4H,1-3H2;1H4. The summed E-state index contributed by atoms with van der Waals surface area (Å²) in [5.41, 5.74) is 0. The average molecular weight is 151 g/mol. The van der Waals surface area contributed by atoms with Crippen molar-refractivity contribution in [2.75, 3.05) is 0 Å². The van der Waals surface area contributed by atoms with Gasteiger partial charge >= 0.3 is 0 Å². The molecular formula is C5H11Br. The fourth-order valence-electron chi connectivity index (χ4n) is 0.358. The minimum atomic E-state index is 0. The Labute approximate surface area is 48.1 Å². The first-order chi connectivity index (χ1) is 2.39. The van der Waals surface area contributed by atoms with Gasteiger partial charge in [-0.2, -0.15) is 0 Å². The molecule has 0 N–H and O–H groups in total. The topological polar surface area (TPSA) is 0 Å². The molecule has 1 heteroatoms. The Hall–Kier alpha value is 0.480. The number of halogens is 1. The van der Waals surface area contributed by atoms with Crippen LogP contribution < -0.4 is 0 Å². The van der Waals surface area contributed by atoms with Crippen molar-refractivity contribution in [1.82, 2.24) is 0 Å². The molecule has 1 saturated carbocycles. The zero-order valence-electron chi connectivity index (χ0n) is 3.08. The van der Waals surface area contributed by atoms with E-state index in [2.05, 4.69) is 15.9 Å². The van der Waals surface area contributed by atoms with Crippen molar-refractivity contribution >= 4 is 15.9 Å². The molecule has 0 aromatic carbocycles. The molecule has 0 aromatic rings. The number of alkyl halides is 1. The summed E-state index contributed by atoms with van der Waals surface area (Å²) in [5, 5.41) is 0. The summed E-state index contributed by atoms with van der Waals surface area (Å²) in [6.07, 6.45) is 4.25. The predicted molar refractivity (Wildman–Crippen MR) is 33.3 cm³/mol. The Morgan fingerprint density at radius 2 is 1.67 bits per heavy atom. The number of hydrogen-bond donors (Lipinski definition) is 0. The molecule has 0 aromatic heterocycles. The van der Waals surface area contributed by atoms with E-state index >= 15 is 0 Å². The van der Waals surface area contributed by atoms with E-state index in [1.54, 1.807) is 0 Å². The molecule has 6 heavy (non-hydrogen) atoms. The van der Waals surface area contributed by atoms with Gasteiger partial charge in [0.1, 0.15) is 0 Å². The summed E-state index contributed by atoms with van der Waals surface area (Å²) >= 11 is 3.46. The molecule has 1 aliphatic carbocycles. The van der Waals surface area contributed by atoms with Gasteiger partial charge in [-0.05, 0) is 12.8 Å². The van der Waals surface area contributed by atoms with Crippen LogP contribution in [0.5, 0.6) is 0 Å². The SMILES string of the molecule is BrC1CCC1.C. The average Bonchev–Trinajstić information content (AvgIpc) is 1.30. The lowest BCUT2D eigenvalue weighted by Gasteiger charge is -2.16. The minimum absolute atomic E-state index is 0. The van der Waals surface area contributed by atoms with Crippen molar-refractivity contribution in [3.8, 4) is 0 Å². The summed E-state index contributed by atoms with van der Waals surface area (Å²) in [7, 11) is 0. The highest BCUT2D eigenvalue weighted by Crippen LogP contribution is 2.25. The Bertz CT molecular complexity index is 30.9. The lowest BCUT2D eigenvalue weighted by molar-refractivity contribution is 0.530. The molecule has 1 fully saturated rings. The summed E-state index contributed by atoms with van der Waals surface area (Å²) in [4.78, 5) is 0.877. The Balaban J connectivity index is 0.000000250. The van der Waals surface area contributed by atoms with Crippen LogP contribution in [0.1, 0.15) is 26.7 Å². The van der Waals surface area contributed by atoms with Gasteiger partial charge in [-0.25, -0.2) is 0 Å². The largest absolute Gasteiger partial charge is 0.0891 e. The fraction of sp³-hybridized carbons (Fsp3) is 1.00. The number of hydrogen-bond acceptors (Lipinski definition) is 0. The molecular weight excluding hydrogens is 140 g/mol. The smallest absolute Gasteiger partial charge is 0.0145 e. The van der Waals surface area contributed by atoms with Crippen LogP contribution in [0.4, 0.5) is 0 Å². The van der Waals surface area contributed by atoms with Gasteiger partial charge in [-0.15, -0.1) is 0 Å². The Kier molecular flexibility index (Phi) is 2.83. The number of rotatable bonds is 0. The zero-order chi connectivity index (χ0) is 3.70. The van der Waals surface area contributed by atoms with E-state index in [1.165, 1.54) is 19.3 Å². The van der Waals surface area contributed by atoms with Crippen molar-refractivity contribution in [2.45, 2.75) is 31.5 Å². The second-order valence-corrected chi connectivity index (χ2v) is 2.82. The van der Waals surface area contributed by atoms with Crippen LogP contribution in [0.3, 0.4) is 0 Å². The highest BCUT2D eigenvalue weighted by molar-refractivity contribution is 9.09. The van der Waals surface area contributed by atoms with Crippen LogP contribution in [0.15, 0.2) is 0 Å². The molecule has 38 valence electrons. The van der Waals surface area contributed by atoms with Gasteiger partial charge in [0.2, 0.25) is 0 Å². The van der Waals surface area contributed by atoms with E-state index in [0.717, 1.165) is 4.83 Å². The lowest BCUT2D eigenvalue weighted by atomic mass is 10.0. The first-order valence-electron chi connectivity index (χ1n) is 2.03. The lowest BCUT2D eigenvalue weighted by Crippen LogP contribution is -2.07. The van der Waals surface area contributed by atoms with Gasteiger partial charge in [0.15, 0.2) is 0 Å². The van der Waals surface area contributed by atoms with Gasteiger partial charge in [0.25, 0.3) is 0 Å². The van der Waals surface area contributed by atoms with Crippen molar-refractivity contribution in [2.24, 2.45) is 0 Å². The molecule has 0 aliphatic heterocycles. The third-order valence-electron chi connectivity index (χ3n) is 1.03. The maximum Gasteiger partial charge on any atom is 0.0145 e. The molecule has 0 unspecified atom stereocenters. The van der Waals surface area contributed by atoms with Crippen molar-refractivity contribution in [1.29, 1.82) is 0 Å². The fourth-order valence-corrected chi connectivity index (χ4v) is 1.01. The quantitative estimate of drug-likeness (QED) is 0.466. The van der Waals surface area contributed by atoms with Gasteiger partial charge in [-0.3, -0.25) is 0 Å². The summed E-state index contributed by atoms with van der Waals surface area (Å²) in [5.74, 6) is 0. The van der Waals surface area contributed by atoms with Gasteiger partial charge in [0, 0.05) is 4.83 Å². The zero-order valence-corrected chi connectivity index (χ0v) is 4.66. The summed E-state index contributed by atoms with van der Waals surface area (Å²) in [6.45, 7) is 0. The van der Waals surface area contributed by atoms with Crippen molar-refractivity contribution in [3.05, 3.63) is 0 Å². The second kappa shape index (κ2) is 2.62. The van der Waals surface area contributed by atoms with Crippen LogP contribution in [-0.2, 0) is 0 Å². The molecule has 0 heterocycles. The second-order valence-electron chi connectivity index (χ2n) is 1.53. The van der Waals surface area contributed by atoms with Crippen LogP contribution in [0.2, 0.25) is 0 Å². The first-order valence-corrected chi connectivity index (χ1v) is 2.95. The van der Waals surface area contributed by atoms with Crippen molar-refractivity contribution in [3.63, 3.8) is 0 Å². The Morgan fingerprint density at radius 3 is 1.67 bits per heavy atom. The molecule has 0 saturated heterocycles. The molecule has 0 amide bonds.